The number of nitrogens with zero attached hydrogens (tertiary/aromatic N) is 1. The lowest BCUT2D eigenvalue weighted by molar-refractivity contribution is -0.117. The van der Waals surface area contributed by atoms with Crippen LogP contribution in [0.4, 0.5) is 5.69 Å². The van der Waals surface area contributed by atoms with Crippen LogP contribution < -0.4 is 10.2 Å². The molecule has 2 amide bonds. The van der Waals surface area contributed by atoms with Gasteiger partial charge in [-0.25, -0.2) is 0 Å². The second kappa shape index (κ2) is 5.95. The number of hydrogen-bond donors (Lipinski definition) is 1. The van der Waals surface area contributed by atoms with Gasteiger partial charge in [-0.1, -0.05) is 23.7 Å². The zero-order valence-electron chi connectivity index (χ0n) is 13.1. The van der Waals surface area contributed by atoms with Gasteiger partial charge in [-0.05, 0) is 53.8 Å². The van der Waals surface area contributed by atoms with Crippen LogP contribution in [0.15, 0.2) is 36.4 Å². The van der Waals surface area contributed by atoms with Crippen LogP contribution in [0.25, 0.3) is 0 Å². The van der Waals surface area contributed by atoms with Gasteiger partial charge in [0.1, 0.15) is 0 Å². The molecule has 4 rings (SSSR count). The Morgan fingerprint density at radius 1 is 1.17 bits per heavy atom. The van der Waals surface area contributed by atoms with Crippen LogP contribution in [0, 0.1) is 0 Å². The molecule has 2 aliphatic heterocycles. The van der Waals surface area contributed by atoms with Crippen molar-refractivity contribution in [3.05, 3.63) is 63.7 Å². The SMILES string of the molecule is O=C(NCCc1ccc(Cl)cc1)c1cc2c3c(c1)CC(=O)N3CC2. The first-order chi connectivity index (χ1) is 11.6. The van der Waals surface area contributed by atoms with Gasteiger partial charge >= 0.3 is 0 Å². The molecule has 2 heterocycles. The number of nitrogens with one attached hydrogen (secondary N) is 1. The van der Waals surface area contributed by atoms with Crippen LogP contribution in [-0.2, 0) is 24.1 Å². The predicted octanol–water partition coefficient (Wildman–Crippen LogP) is 2.76. The Morgan fingerprint density at radius 3 is 2.71 bits per heavy atom. The lowest BCUT2D eigenvalue weighted by atomic mass is 10.0. The van der Waals surface area contributed by atoms with Gasteiger partial charge in [-0.2, -0.15) is 0 Å². The van der Waals surface area contributed by atoms with Gasteiger partial charge < -0.3 is 10.2 Å². The lowest BCUT2D eigenvalue weighted by Gasteiger charge is -2.10. The third-order valence-electron chi connectivity index (χ3n) is 4.66. The second-order valence-corrected chi connectivity index (χ2v) is 6.68. The van der Waals surface area contributed by atoms with Crippen molar-refractivity contribution in [2.75, 3.05) is 18.0 Å². The topological polar surface area (TPSA) is 49.4 Å². The van der Waals surface area contributed by atoms with Crippen molar-refractivity contribution in [2.45, 2.75) is 19.3 Å². The Bertz CT molecular complexity index is 830. The molecule has 2 aromatic carbocycles. The summed E-state index contributed by atoms with van der Waals surface area (Å²) in [5.74, 6) is 0.0601. The predicted molar refractivity (Wildman–Crippen MR) is 93.7 cm³/mol. The van der Waals surface area contributed by atoms with Crippen molar-refractivity contribution in [3.8, 4) is 0 Å². The number of anilines is 1. The summed E-state index contributed by atoms with van der Waals surface area (Å²) in [6.07, 6.45) is 2.00. The van der Waals surface area contributed by atoms with Gasteiger partial charge in [-0.15, -0.1) is 0 Å². The number of carbonyl (C=O) groups is 2. The minimum Gasteiger partial charge on any atom is -0.352 e. The fourth-order valence-corrected chi connectivity index (χ4v) is 3.61. The third-order valence-corrected chi connectivity index (χ3v) is 4.91. The van der Waals surface area contributed by atoms with Crippen LogP contribution in [0.5, 0.6) is 0 Å². The molecule has 0 saturated heterocycles. The van der Waals surface area contributed by atoms with E-state index in [4.69, 9.17) is 11.6 Å². The zero-order valence-corrected chi connectivity index (χ0v) is 13.9. The molecule has 5 heteroatoms. The van der Waals surface area contributed by atoms with Crippen molar-refractivity contribution in [1.29, 1.82) is 0 Å². The van der Waals surface area contributed by atoms with Crippen LogP contribution >= 0.6 is 11.6 Å². The first kappa shape index (κ1) is 15.2. The van der Waals surface area contributed by atoms with E-state index >= 15 is 0 Å². The number of carbonyl (C=O) groups excluding carboxylic acids is 2. The molecular weight excluding hydrogens is 324 g/mol. The summed E-state index contributed by atoms with van der Waals surface area (Å²) >= 11 is 5.87. The van der Waals surface area contributed by atoms with Gasteiger partial charge in [0.2, 0.25) is 5.91 Å². The van der Waals surface area contributed by atoms with Gasteiger partial charge in [-0.3, -0.25) is 9.59 Å². The molecule has 24 heavy (non-hydrogen) atoms. The Morgan fingerprint density at radius 2 is 1.92 bits per heavy atom. The summed E-state index contributed by atoms with van der Waals surface area (Å²) < 4.78 is 0. The number of amides is 2. The molecular formula is C19H17ClN2O2. The summed E-state index contributed by atoms with van der Waals surface area (Å²) in [7, 11) is 0. The molecule has 0 fully saturated rings. The number of rotatable bonds is 4. The molecule has 122 valence electrons. The van der Waals surface area contributed by atoms with E-state index in [0.29, 0.717) is 23.6 Å². The van der Waals surface area contributed by atoms with Crippen molar-refractivity contribution in [2.24, 2.45) is 0 Å². The molecule has 0 unspecified atom stereocenters. The minimum absolute atomic E-state index is 0.0826. The first-order valence-corrected chi connectivity index (χ1v) is 8.48. The molecule has 1 N–H and O–H groups in total. The highest BCUT2D eigenvalue weighted by Gasteiger charge is 2.34. The molecule has 0 aromatic heterocycles. The molecule has 4 nitrogen and oxygen atoms in total. The zero-order chi connectivity index (χ0) is 16.7. The Kier molecular flexibility index (Phi) is 3.77. The summed E-state index contributed by atoms with van der Waals surface area (Å²) in [5.41, 5.74) is 4.92. The fraction of sp³-hybridized carbons (Fsp3) is 0.263. The minimum atomic E-state index is -0.0826. The van der Waals surface area contributed by atoms with Gasteiger partial charge in [0.25, 0.3) is 5.91 Å². The van der Waals surface area contributed by atoms with E-state index in [9.17, 15) is 9.59 Å². The third kappa shape index (κ3) is 2.67. The molecule has 2 aromatic rings. The second-order valence-electron chi connectivity index (χ2n) is 6.25. The van der Waals surface area contributed by atoms with Crippen molar-refractivity contribution in [3.63, 3.8) is 0 Å². The fourth-order valence-electron chi connectivity index (χ4n) is 3.49. The Labute approximate surface area is 145 Å². The maximum Gasteiger partial charge on any atom is 0.251 e. The Balaban J connectivity index is 1.43. The van der Waals surface area contributed by atoms with E-state index in [1.165, 1.54) is 0 Å². The van der Waals surface area contributed by atoms with Crippen molar-refractivity contribution < 1.29 is 9.59 Å². The van der Waals surface area contributed by atoms with Gasteiger partial charge in [0.05, 0.1) is 12.1 Å². The van der Waals surface area contributed by atoms with E-state index < -0.39 is 0 Å². The quantitative estimate of drug-likeness (QED) is 0.930. The monoisotopic (exact) mass is 340 g/mol. The Hall–Kier alpha value is -2.33. The average molecular weight is 341 g/mol. The molecule has 0 saturated carbocycles. The number of halogens is 1. The van der Waals surface area contributed by atoms with E-state index in [0.717, 1.165) is 41.8 Å². The number of hydrogen-bond acceptors (Lipinski definition) is 2. The summed E-state index contributed by atoms with van der Waals surface area (Å²) in [6, 6.07) is 11.4. The highest BCUT2D eigenvalue weighted by molar-refractivity contribution is 6.30. The van der Waals surface area contributed by atoms with Crippen molar-refractivity contribution in [1.82, 2.24) is 5.32 Å². The maximum atomic E-state index is 12.4. The smallest absolute Gasteiger partial charge is 0.251 e. The molecule has 0 aliphatic carbocycles. The van der Waals surface area contributed by atoms with Crippen LogP contribution in [0.2, 0.25) is 5.02 Å². The largest absolute Gasteiger partial charge is 0.352 e. The van der Waals surface area contributed by atoms with Crippen molar-refractivity contribution >= 4 is 29.1 Å². The highest BCUT2D eigenvalue weighted by atomic mass is 35.5. The standard InChI is InChI=1S/C19H17ClN2O2/c20-16-3-1-12(2-4-16)5-7-21-19(24)15-9-13-6-8-22-17(23)11-14(10-15)18(13)22/h1-4,9-10H,5-8,11H2,(H,21,24). The number of benzene rings is 2. The maximum absolute atomic E-state index is 12.4. The summed E-state index contributed by atoms with van der Waals surface area (Å²) in [6.45, 7) is 1.31. The van der Waals surface area contributed by atoms with E-state index in [2.05, 4.69) is 5.32 Å². The highest BCUT2D eigenvalue weighted by Crippen LogP contribution is 2.38. The summed E-state index contributed by atoms with van der Waals surface area (Å²) in [4.78, 5) is 26.2. The lowest BCUT2D eigenvalue weighted by Crippen LogP contribution is -2.25. The first-order valence-electron chi connectivity index (χ1n) is 8.10. The van der Waals surface area contributed by atoms with Crippen LogP contribution in [0.1, 0.15) is 27.0 Å². The van der Waals surface area contributed by atoms with Gasteiger partial charge in [0, 0.05) is 23.7 Å². The van der Waals surface area contributed by atoms with E-state index in [1.807, 2.05) is 41.3 Å². The molecule has 0 radical (unpaired) electrons. The summed E-state index contributed by atoms with van der Waals surface area (Å²) in [5, 5.41) is 3.67. The average Bonchev–Trinajstić information content (AvgIpc) is 3.14. The molecule has 0 spiro atoms. The van der Waals surface area contributed by atoms with E-state index in [1.54, 1.807) is 0 Å². The van der Waals surface area contributed by atoms with Gasteiger partial charge in [0.15, 0.2) is 0 Å². The molecule has 0 bridgehead atoms. The van der Waals surface area contributed by atoms with Crippen LogP contribution in [-0.4, -0.2) is 24.9 Å². The molecule has 2 aliphatic rings. The normalized spacial score (nSPS) is 14.9. The van der Waals surface area contributed by atoms with E-state index in [-0.39, 0.29) is 11.8 Å². The van der Waals surface area contributed by atoms with Crippen LogP contribution in [0.3, 0.4) is 0 Å². The molecule has 0 atom stereocenters.